The van der Waals surface area contributed by atoms with Crippen LogP contribution in [-0.4, -0.2) is 35.2 Å². The first kappa shape index (κ1) is 11.6. The molecular weight excluding hydrogens is 264 g/mol. The van der Waals surface area contributed by atoms with E-state index in [1.165, 1.54) is 12.3 Å². The van der Waals surface area contributed by atoms with Crippen LogP contribution in [-0.2, 0) is 0 Å². The van der Waals surface area contributed by atoms with E-state index in [-0.39, 0.29) is 5.69 Å². The first-order valence-corrected chi connectivity index (χ1v) is 4.80. The molecule has 0 spiro atoms. The second kappa shape index (κ2) is 4.83. The zero-order valence-electron chi connectivity index (χ0n) is 8.22. The van der Waals surface area contributed by atoms with Gasteiger partial charge in [0.05, 0.1) is 15.7 Å². The second-order valence-electron chi connectivity index (χ2n) is 2.96. The molecule has 0 radical (unpaired) electrons. The van der Waals surface area contributed by atoms with Crippen molar-refractivity contribution in [1.82, 2.24) is 9.88 Å². The summed E-state index contributed by atoms with van der Waals surface area (Å²) in [6, 6.07) is 1.37. The number of nitrogens with zero attached hydrogens (tertiary/aromatic N) is 4. The molecule has 1 aromatic heterocycles. The molecule has 6 nitrogen and oxygen atoms in total. The Morgan fingerprint density at radius 1 is 1.67 bits per heavy atom. The third kappa shape index (κ3) is 3.28. The molecule has 0 unspecified atom stereocenters. The fourth-order valence-electron chi connectivity index (χ4n) is 0.786. The highest BCUT2D eigenvalue weighted by Crippen LogP contribution is 2.26. The van der Waals surface area contributed by atoms with E-state index in [4.69, 9.17) is 0 Å². The smallest absolute Gasteiger partial charge is 0.288 e. The molecule has 1 heterocycles. The van der Waals surface area contributed by atoms with Crippen LogP contribution in [0, 0.1) is 10.1 Å². The maximum atomic E-state index is 10.4. The van der Waals surface area contributed by atoms with Gasteiger partial charge in [0.1, 0.15) is 6.20 Å². The number of nitro groups is 1. The number of aliphatic imine (C=N–C) groups is 1. The van der Waals surface area contributed by atoms with Gasteiger partial charge < -0.3 is 4.90 Å². The van der Waals surface area contributed by atoms with E-state index in [2.05, 4.69) is 25.9 Å². The zero-order valence-corrected chi connectivity index (χ0v) is 9.80. The molecule has 0 aromatic carbocycles. The van der Waals surface area contributed by atoms with Gasteiger partial charge in [-0.3, -0.25) is 10.1 Å². The van der Waals surface area contributed by atoms with Gasteiger partial charge in [0, 0.05) is 20.2 Å². The van der Waals surface area contributed by atoms with E-state index in [0.29, 0.717) is 10.3 Å². The lowest BCUT2D eigenvalue weighted by molar-refractivity contribution is -0.385. The molecule has 0 saturated carbocycles. The molecule has 0 fully saturated rings. The number of halogens is 1. The number of aromatic nitrogens is 1. The highest BCUT2D eigenvalue weighted by atomic mass is 79.9. The van der Waals surface area contributed by atoms with Crippen molar-refractivity contribution in [3.8, 4) is 0 Å². The Balaban J connectivity index is 2.98. The summed E-state index contributed by atoms with van der Waals surface area (Å²) < 4.78 is 0.495. The quantitative estimate of drug-likeness (QED) is 0.365. The van der Waals surface area contributed by atoms with Crippen molar-refractivity contribution in [1.29, 1.82) is 0 Å². The van der Waals surface area contributed by atoms with Crippen LogP contribution in [0.4, 0.5) is 11.5 Å². The van der Waals surface area contributed by atoms with Crippen molar-refractivity contribution in [2.75, 3.05) is 14.1 Å². The minimum Gasteiger partial charge on any atom is -0.369 e. The number of rotatable bonds is 3. The molecule has 0 aliphatic rings. The van der Waals surface area contributed by atoms with Crippen LogP contribution < -0.4 is 0 Å². The van der Waals surface area contributed by atoms with Crippen molar-refractivity contribution in [2.24, 2.45) is 4.99 Å². The molecule has 7 heteroatoms. The Morgan fingerprint density at radius 3 is 2.80 bits per heavy atom. The second-order valence-corrected chi connectivity index (χ2v) is 3.82. The Hall–Kier alpha value is -1.50. The predicted octanol–water partition coefficient (Wildman–Crippen LogP) is 1.97. The standard InChI is InChI=1S/C8H9BrN4O2/c1-12(2)5-11-8-7(9)3-6(4-10-8)13(14)15/h3-5H,1-2H3. The molecule has 0 bridgehead atoms. The van der Waals surface area contributed by atoms with Gasteiger partial charge in [-0.1, -0.05) is 0 Å². The van der Waals surface area contributed by atoms with Crippen molar-refractivity contribution in [3.63, 3.8) is 0 Å². The third-order valence-corrected chi connectivity index (χ3v) is 2.01. The van der Waals surface area contributed by atoms with Crippen LogP contribution in [0.1, 0.15) is 0 Å². The summed E-state index contributed by atoms with van der Waals surface area (Å²) in [6.45, 7) is 0. The van der Waals surface area contributed by atoms with E-state index < -0.39 is 4.92 Å². The summed E-state index contributed by atoms with van der Waals surface area (Å²) in [5.74, 6) is 0.411. The Kier molecular flexibility index (Phi) is 3.73. The van der Waals surface area contributed by atoms with Crippen LogP contribution in [0.3, 0.4) is 0 Å². The lowest BCUT2D eigenvalue weighted by Gasteiger charge is -2.02. The molecule has 0 amide bonds. The molecule has 15 heavy (non-hydrogen) atoms. The van der Waals surface area contributed by atoms with Gasteiger partial charge in [-0.15, -0.1) is 0 Å². The molecule has 0 aliphatic carbocycles. The maximum Gasteiger partial charge on any atom is 0.288 e. The van der Waals surface area contributed by atoms with Crippen LogP contribution in [0.2, 0.25) is 0 Å². The Labute approximate surface area is 94.9 Å². The van der Waals surface area contributed by atoms with E-state index >= 15 is 0 Å². The zero-order chi connectivity index (χ0) is 11.4. The van der Waals surface area contributed by atoms with Crippen molar-refractivity contribution in [3.05, 3.63) is 26.9 Å². The monoisotopic (exact) mass is 272 g/mol. The predicted molar refractivity (Wildman–Crippen MR) is 60.4 cm³/mol. The van der Waals surface area contributed by atoms with Crippen LogP contribution in [0.5, 0.6) is 0 Å². The van der Waals surface area contributed by atoms with Gasteiger partial charge >= 0.3 is 0 Å². The van der Waals surface area contributed by atoms with E-state index in [9.17, 15) is 10.1 Å². The lowest BCUT2D eigenvalue weighted by atomic mass is 10.4. The van der Waals surface area contributed by atoms with Crippen molar-refractivity contribution in [2.45, 2.75) is 0 Å². The summed E-state index contributed by atoms with van der Waals surface area (Å²) in [5, 5.41) is 10.4. The maximum absolute atomic E-state index is 10.4. The van der Waals surface area contributed by atoms with E-state index in [1.54, 1.807) is 11.2 Å². The highest BCUT2D eigenvalue weighted by molar-refractivity contribution is 9.10. The number of hydrogen-bond donors (Lipinski definition) is 0. The summed E-state index contributed by atoms with van der Waals surface area (Å²) in [7, 11) is 3.64. The van der Waals surface area contributed by atoms with Crippen LogP contribution in [0.25, 0.3) is 0 Å². The number of pyridine rings is 1. The minimum atomic E-state index is -0.503. The van der Waals surface area contributed by atoms with E-state index in [1.807, 2.05) is 14.1 Å². The van der Waals surface area contributed by atoms with Gasteiger partial charge in [-0.25, -0.2) is 9.98 Å². The Morgan fingerprint density at radius 2 is 2.33 bits per heavy atom. The summed E-state index contributed by atoms with van der Waals surface area (Å²) in [6.07, 6.45) is 2.74. The van der Waals surface area contributed by atoms with Crippen LogP contribution in [0.15, 0.2) is 21.7 Å². The molecule has 0 N–H and O–H groups in total. The van der Waals surface area contributed by atoms with Gasteiger partial charge in [-0.05, 0) is 15.9 Å². The molecule has 0 atom stereocenters. The molecular formula is C8H9BrN4O2. The first-order valence-electron chi connectivity index (χ1n) is 4.01. The average Bonchev–Trinajstić information content (AvgIpc) is 2.15. The molecule has 1 rings (SSSR count). The van der Waals surface area contributed by atoms with Crippen LogP contribution >= 0.6 is 15.9 Å². The van der Waals surface area contributed by atoms with Crippen molar-refractivity contribution < 1.29 is 4.92 Å². The fourth-order valence-corrected chi connectivity index (χ4v) is 1.22. The third-order valence-electron chi connectivity index (χ3n) is 1.43. The number of hydrogen-bond acceptors (Lipinski definition) is 4. The average molecular weight is 273 g/mol. The lowest BCUT2D eigenvalue weighted by Crippen LogP contribution is -2.07. The SMILES string of the molecule is CN(C)C=Nc1ncc([N+](=O)[O-])cc1Br. The largest absolute Gasteiger partial charge is 0.369 e. The van der Waals surface area contributed by atoms with Gasteiger partial charge in [0.2, 0.25) is 0 Å². The van der Waals surface area contributed by atoms with Gasteiger partial charge in [0.15, 0.2) is 5.82 Å². The highest BCUT2D eigenvalue weighted by Gasteiger charge is 2.09. The van der Waals surface area contributed by atoms with Gasteiger partial charge in [-0.2, -0.15) is 0 Å². The topological polar surface area (TPSA) is 71.6 Å². The molecule has 80 valence electrons. The summed E-state index contributed by atoms with van der Waals surface area (Å²) in [4.78, 5) is 19.6. The molecule has 0 saturated heterocycles. The summed E-state index contributed by atoms with van der Waals surface area (Å²) >= 11 is 3.17. The summed E-state index contributed by atoms with van der Waals surface area (Å²) in [5.41, 5.74) is -0.0642. The van der Waals surface area contributed by atoms with E-state index in [0.717, 1.165) is 0 Å². The first-order chi connectivity index (χ1) is 7.00. The fraction of sp³-hybridized carbons (Fsp3) is 0.250. The van der Waals surface area contributed by atoms with Gasteiger partial charge in [0.25, 0.3) is 5.69 Å². The van der Waals surface area contributed by atoms with Crippen molar-refractivity contribution >= 4 is 33.8 Å². The minimum absolute atomic E-state index is 0.0642. The normalized spacial score (nSPS) is 10.6. The molecule has 1 aromatic rings. The molecule has 0 aliphatic heterocycles. The Bertz CT molecular complexity index is 406.